The second-order valence-electron chi connectivity index (χ2n) is 5.36. The SMILES string of the molecule is O=C(COc1cccc(N2C=N[NH2+]N2)c1)Nc1nc2ccc(F)cc2s1. The number of aromatic nitrogens is 1. The van der Waals surface area contributed by atoms with Crippen molar-refractivity contribution in [3.05, 3.63) is 48.3 Å². The zero-order valence-electron chi connectivity index (χ0n) is 13.3. The van der Waals surface area contributed by atoms with E-state index in [0.29, 0.717) is 21.1 Å². The van der Waals surface area contributed by atoms with E-state index in [1.807, 2.05) is 12.1 Å². The van der Waals surface area contributed by atoms with Crippen LogP contribution in [0.3, 0.4) is 0 Å². The van der Waals surface area contributed by atoms with Crippen molar-refractivity contribution in [1.29, 1.82) is 0 Å². The summed E-state index contributed by atoms with van der Waals surface area (Å²) in [5, 5.41) is 8.73. The van der Waals surface area contributed by atoms with Crippen molar-refractivity contribution >= 4 is 44.6 Å². The lowest BCUT2D eigenvalue weighted by Gasteiger charge is -2.12. The molecule has 2 aromatic carbocycles. The molecule has 0 unspecified atom stereocenters. The number of rotatable bonds is 5. The molecule has 0 saturated heterocycles. The number of nitrogens with two attached hydrogens (primary N) is 1. The molecule has 0 spiro atoms. The first-order chi connectivity index (χ1) is 12.7. The molecule has 0 saturated carbocycles. The smallest absolute Gasteiger partial charge is 0.264 e. The number of hydrogen-bond donors (Lipinski definition) is 3. The molecule has 0 aliphatic carbocycles. The number of quaternary nitrogens is 1. The Labute approximate surface area is 151 Å². The highest BCUT2D eigenvalue weighted by Gasteiger charge is 2.12. The molecule has 10 heteroatoms. The van der Waals surface area contributed by atoms with Gasteiger partial charge in [-0.05, 0) is 35.9 Å². The number of ether oxygens (including phenoxy) is 1. The van der Waals surface area contributed by atoms with Crippen LogP contribution in [-0.4, -0.2) is 23.8 Å². The minimum atomic E-state index is -0.343. The monoisotopic (exact) mass is 373 g/mol. The number of benzene rings is 2. The molecule has 132 valence electrons. The van der Waals surface area contributed by atoms with Crippen LogP contribution in [0.2, 0.25) is 0 Å². The van der Waals surface area contributed by atoms with Gasteiger partial charge in [0.2, 0.25) is 0 Å². The lowest BCUT2D eigenvalue weighted by Crippen LogP contribution is -2.87. The number of thiazole rings is 1. The molecule has 0 radical (unpaired) electrons. The molecular formula is C16H14FN6O2S+. The summed E-state index contributed by atoms with van der Waals surface area (Å²) in [7, 11) is 0. The van der Waals surface area contributed by atoms with Gasteiger partial charge in [-0.3, -0.25) is 10.1 Å². The molecule has 4 rings (SSSR count). The number of amides is 1. The number of hydrogen-bond acceptors (Lipinski definition) is 7. The zero-order valence-corrected chi connectivity index (χ0v) is 14.2. The van der Waals surface area contributed by atoms with Gasteiger partial charge in [-0.1, -0.05) is 22.5 Å². The Hall–Kier alpha value is -3.08. The molecule has 0 bridgehead atoms. The normalized spacial score (nSPS) is 13.3. The molecule has 3 aromatic rings. The number of nitrogens with zero attached hydrogens (tertiary/aromatic N) is 3. The standard InChI is InChI=1S/C16H13FN6O2S/c17-10-4-5-13-14(6-10)26-16(19-13)20-15(24)8-25-12-3-1-2-11(7-12)23-9-18-21-22-23/h1-7,9,21-22H,8H2,(H,19,20,24)/p+1. The summed E-state index contributed by atoms with van der Waals surface area (Å²) >= 11 is 1.21. The first-order valence-corrected chi connectivity index (χ1v) is 8.48. The van der Waals surface area contributed by atoms with Gasteiger partial charge in [0, 0.05) is 6.07 Å². The van der Waals surface area contributed by atoms with Crippen LogP contribution in [0, 0.1) is 5.82 Å². The summed E-state index contributed by atoms with van der Waals surface area (Å²) in [6.45, 7) is -0.165. The van der Waals surface area contributed by atoms with E-state index in [1.165, 1.54) is 23.5 Å². The average molecular weight is 373 g/mol. The Balaban J connectivity index is 1.37. The van der Waals surface area contributed by atoms with Crippen molar-refractivity contribution in [3.8, 4) is 5.75 Å². The van der Waals surface area contributed by atoms with Crippen molar-refractivity contribution in [3.63, 3.8) is 0 Å². The van der Waals surface area contributed by atoms with E-state index in [2.05, 4.69) is 20.9 Å². The Kier molecular flexibility index (Phi) is 4.44. The van der Waals surface area contributed by atoms with Crippen molar-refractivity contribution in [2.75, 3.05) is 16.9 Å². The second kappa shape index (κ2) is 7.04. The van der Waals surface area contributed by atoms with Crippen LogP contribution in [0.15, 0.2) is 47.6 Å². The molecule has 26 heavy (non-hydrogen) atoms. The Bertz CT molecular complexity index is 992. The summed E-state index contributed by atoms with van der Waals surface area (Å²) in [5.41, 5.74) is 5.96. The highest BCUT2D eigenvalue weighted by molar-refractivity contribution is 7.22. The fourth-order valence-electron chi connectivity index (χ4n) is 2.35. The van der Waals surface area contributed by atoms with Gasteiger partial charge in [-0.2, -0.15) is 0 Å². The number of anilines is 2. The Morgan fingerprint density at radius 3 is 3.12 bits per heavy atom. The van der Waals surface area contributed by atoms with Crippen molar-refractivity contribution in [1.82, 2.24) is 10.5 Å². The average Bonchev–Trinajstić information content (AvgIpc) is 3.29. The van der Waals surface area contributed by atoms with Gasteiger partial charge in [0.1, 0.15) is 11.6 Å². The largest absolute Gasteiger partial charge is 0.484 e. The van der Waals surface area contributed by atoms with E-state index in [-0.39, 0.29) is 18.3 Å². The highest BCUT2D eigenvalue weighted by atomic mass is 32.1. The van der Waals surface area contributed by atoms with E-state index in [4.69, 9.17) is 4.74 Å². The Morgan fingerprint density at radius 2 is 2.27 bits per heavy atom. The molecule has 1 aliphatic heterocycles. The fourth-order valence-corrected chi connectivity index (χ4v) is 3.26. The maximum atomic E-state index is 13.2. The van der Waals surface area contributed by atoms with E-state index in [0.717, 1.165) is 5.69 Å². The topological polar surface area (TPSA) is 95.5 Å². The van der Waals surface area contributed by atoms with Crippen LogP contribution in [-0.2, 0) is 4.79 Å². The first kappa shape index (κ1) is 16.4. The third kappa shape index (κ3) is 3.61. The zero-order chi connectivity index (χ0) is 17.9. The Morgan fingerprint density at radius 1 is 1.35 bits per heavy atom. The number of carbonyl (C=O) groups excluding carboxylic acids is 1. The molecule has 4 N–H and O–H groups in total. The number of hydrazine groups is 1. The highest BCUT2D eigenvalue weighted by Crippen LogP contribution is 2.26. The maximum Gasteiger partial charge on any atom is 0.264 e. The predicted molar refractivity (Wildman–Crippen MR) is 96.2 cm³/mol. The van der Waals surface area contributed by atoms with Gasteiger partial charge >= 0.3 is 0 Å². The van der Waals surface area contributed by atoms with Crippen LogP contribution in [0.1, 0.15) is 0 Å². The lowest BCUT2D eigenvalue weighted by molar-refractivity contribution is -0.708. The van der Waals surface area contributed by atoms with Crippen molar-refractivity contribution in [2.45, 2.75) is 0 Å². The van der Waals surface area contributed by atoms with Gasteiger partial charge in [-0.25, -0.2) is 14.4 Å². The summed E-state index contributed by atoms with van der Waals surface area (Å²) in [4.78, 5) is 16.3. The van der Waals surface area contributed by atoms with Gasteiger partial charge < -0.3 is 4.74 Å². The van der Waals surface area contributed by atoms with Crippen molar-refractivity contribution < 1.29 is 19.5 Å². The van der Waals surface area contributed by atoms with Crippen molar-refractivity contribution in [2.24, 2.45) is 5.10 Å². The number of nitrogens with one attached hydrogen (secondary N) is 2. The van der Waals surface area contributed by atoms with Gasteiger partial charge in [0.05, 0.1) is 15.9 Å². The molecule has 2 heterocycles. The van der Waals surface area contributed by atoms with Gasteiger partial charge in [0.25, 0.3) is 5.91 Å². The number of halogens is 1. The summed E-state index contributed by atoms with van der Waals surface area (Å²) in [6.07, 6.45) is 1.63. The molecule has 0 atom stereocenters. The summed E-state index contributed by atoms with van der Waals surface area (Å²) in [5.74, 6) is -0.132. The van der Waals surface area contributed by atoms with E-state index in [1.54, 1.807) is 35.1 Å². The second-order valence-corrected chi connectivity index (χ2v) is 6.39. The predicted octanol–water partition coefficient (Wildman–Crippen LogP) is 1.20. The summed E-state index contributed by atoms with van der Waals surface area (Å²) in [6, 6.07) is 11.5. The van der Waals surface area contributed by atoms with Gasteiger partial charge in [0.15, 0.2) is 18.1 Å². The quantitative estimate of drug-likeness (QED) is 0.584. The molecule has 1 aliphatic rings. The van der Waals surface area contributed by atoms with E-state index < -0.39 is 0 Å². The van der Waals surface area contributed by atoms with Crippen LogP contribution in [0.4, 0.5) is 15.2 Å². The van der Waals surface area contributed by atoms with Crippen LogP contribution in [0.25, 0.3) is 10.2 Å². The van der Waals surface area contributed by atoms with Crippen LogP contribution < -0.4 is 26.1 Å². The fraction of sp³-hybridized carbons (Fsp3) is 0.0625. The van der Waals surface area contributed by atoms with Gasteiger partial charge in [-0.15, -0.1) is 5.53 Å². The van der Waals surface area contributed by atoms with Crippen LogP contribution >= 0.6 is 11.3 Å². The molecular weight excluding hydrogens is 359 g/mol. The number of fused-ring (bicyclic) bond motifs is 1. The molecule has 1 amide bonds. The minimum absolute atomic E-state index is 0.165. The molecule has 8 nitrogen and oxygen atoms in total. The van der Waals surface area contributed by atoms with E-state index >= 15 is 0 Å². The number of carbonyl (C=O) groups is 1. The minimum Gasteiger partial charge on any atom is -0.484 e. The first-order valence-electron chi connectivity index (χ1n) is 7.66. The lowest BCUT2D eigenvalue weighted by atomic mass is 10.3. The van der Waals surface area contributed by atoms with Crippen LogP contribution in [0.5, 0.6) is 5.75 Å². The summed E-state index contributed by atoms with van der Waals surface area (Å²) < 4.78 is 19.4. The third-order valence-corrected chi connectivity index (χ3v) is 4.45. The molecule has 0 fully saturated rings. The maximum absolute atomic E-state index is 13.2. The molecule has 1 aromatic heterocycles. The van der Waals surface area contributed by atoms with E-state index in [9.17, 15) is 9.18 Å². The third-order valence-electron chi connectivity index (χ3n) is 3.52.